The second kappa shape index (κ2) is 7.51. The summed E-state index contributed by atoms with van der Waals surface area (Å²) >= 11 is 0. The summed E-state index contributed by atoms with van der Waals surface area (Å²) < 4.78 is 6.64. The summed E-state index contributed by atoms with van der Waals surface area (Å²) in [5.74, 6) is 5.49. The molecule has 2 N–H and O–H groups in total. The Hall–Kier alpha value is -0.540. The Balaban J connectivity index is 1.36. The van der Waals surface area contributed by atoms with Gasteiger partial charge in [-0.15, -0.1) is 0 Å². The van der Waals surface area contributed by atoms with Crippen LogP contribution in [0.4, 0.5) is 0 Å². The van der Waals surface area contributed by atoms with E-state index in [2.05, 4.69) is 27.7 Å². The van der Waals surface area contributed by atoms with Gasteiger partial charge in [-0.25, -0.2) is 0 Å². The van der Waals surface area contributed by atoms with Gasteiger partial charge in [0.05, 0.1) is 11.9 Å². The molecule has 0 amide bonds. The summed E-state index contributed by atoms with van der Waals surface area (Å²) in [5, 5.41) is 19.7. The molecule has 5 aliphatic rings. The van der Waals surface area contributed by atoms with Crippen LogP contribution in [0.2, 0.25) is 0 Å². The second-order valence-electron chi connectivity index (χ2n) is 12.4. The van der Waals surface area contributed by atoms with E-state index in [0.29, 0.717) is 28.8 Å². The molecule has 3 unspecified atom stereocenters. The molecular weight excluding hydrogens is 372 g/mol. The van der Waals surface area contributed by atoms with Gasteiger partial charge in [-0.05, 0) is 111 Å². The van der Waals surface area contributed by atoms with Crippen LogP contribution in [0.1, 0.15) is 91.9 Å². The molecule has 4 fully saturated rings. The first-order valence-corrected chi connectivity index (χ1v) is 12.9. The van der Waals surface area contributed by atoms with Crippen molar-refractivity contribution in [3.63, 3.8) is 0 Å². The van der Waals surface area contributed by atoms with E-state index >= 15 is 0 Å². The van der Waals surface area contributed by atoms with Crippen molar-refractivity contribution in [3.05, 3.63) is 11.3 Å². The highest BCUT2D eigenvalue weighted by molar-refractivity contribution is 5.26. The first-order chi connectivity index (χ1) is 14.3. The van der Waals surface area contributed by atoms with Gasteiger partial charge in [-0.1, -0.05) is 20.8 Å². The van der Waals surface area contributed by atoms with Gasteiger partial charge in [0.25, 0.3) is 0 Å². The Morgan fingerprint density at radius 3 is 2.57 bits per heavy atom. The fourth-order valence-electron chi connectivity index (χ4n) is 9.29. The van der Waals surface area contributed by atoms with Crippen LogP contribution in [0.15, 0.2) is 11.3 Å². The molecule has 0 aromatic rings. The topological polar surface area (TPSA) is 49.7 Å². The van der Waals surface area contributed by atoms with Crippen molar-refractivity contribution in [2.24, 2.45) is 46.3 Å². The fourth-order valence-corrected chi connectivity index (χ4v) is 9.29. The zero-order valence-electron chi connectivity index (χ0n) is 19.7. The maximum atomic E-state index is 10.3. The maximum Gasteiger partial charge on any atom is 0.106 e. The minimum absolute atomic E-state index is 0.0486. The molecule has 1 heterocycles. The van der Waals surface area contributed by atoms with Crippen LogP contribution in [-0.4, -0.2) is 29.0 Å². The molecule has 4 saturated carbocycles. The third-order valence-corrected chi connectivity index (χ3v) is 11.0. The Kier molecular flexibility index (Phi) is 5.33. The summed E-state index contributed by atoms with van der Waals surface area (Å²) in [7, 11) is 0. The van der Waals surface area contributed by atoms with Gasteiger partial charge in [0, 0.05) is 18.9 Å². The molecule has 0 spiro atoms. The number of ether oxygens (including phenoxy) is 1. The zero-order valence-corrected chi connectivity index (χ0v) is 19.7. The predicted octanol–water partition coefficient (Wildman–Crippen LogP) is 5.70. The van der Waals surface area contributed by atoms with E-state index in [0.717, 1.165) is 49.4 Å². The normalized spacial score (nSPS) is 50.9. The van der Waals surface area contributed by atoms with Crippen LogP contribution in [0, 0.1) is 46.3 Å². The van der Waals surface area contributed by atoms with Crippen LogP contribution in [0.25, 0.3) is 0 Å². The number of fused-ring (bicyclic) bond motifs is 7. The van der Waals surface area contributed by atoms with Crippen molar-refractivity contribution in [2.75, 3.05) is 6.61 Å². The number of hydrogen-bond acceptors (Lipinski definition) is 3. The van der Waals surface area contributed by atoms with E-state index in [1.807, 2.05) is 0 Å². The molecule has 170 valence electrons. The van der Waals surface area contributed by atoms with E-state index in [4.69, 9.17) is 4.74 Å². The molecule has 0 aromatic heterocycles. The highest BCUT2D eigenvalue weighted by atomic mass is 16.5. The van der Waals surface area contributed by atoms with Crippen molar-refractivity contribution in [1.29, 1.82) is 0 Å². The van der Waals surface area contributed by atoms with Crippen LogP contribution in [0.5, 0.6) is 0 Å². The molecule has 30 heavy (non-hydrogen) atoms. The molecule has 10 atom stereocenters. The van der Waals surface area contributed by atoms with E-state index in [1.54, 1.807) is 0 Å². The van der Waals surface area contributed by atoms with Gasteiger partial charge >= 0.3 is 0 Å². The minimum atomic E-state index is -0.0486. The lowest BCUT2D eigenvalue weighted by molar-refractivity contribution is -0.124. The Morgan fingerprint density at radius 1 is 1.03 bits per heavy atom. The highest BCUT2D eigenvalue weighted by Gasteiger charge is 2.64. The van der Waals surface area contributed by atoms with Crippen LogP contribution < -0.4 is 0 Å². The monoisotopic (exact) mass is 416 g/mol. The van der Waals surface area contributed by atoms with E-state index in [-0.39, 0.29) is 12.7 Å². The lowest BCUT2D eigenvalue weighted by atomic mass is 9.44. The predicted molar refractivity (Wildman–Crippen MR) is 120 cm³/mol. The molecule has 3 nitrogen and oxygen atoms in total. The standard InChI is InChI=1S/C27H44O3/c1-16(15-28)5-8-23-17(2)25-24(30-23)14-22-20-7-6-18-13-19(29)9-11-26(18,3)21(20)10-12-27(22,25)4/h16,18-22,24-25,28-29H,5-15H2,1-4H3/t16-,18+,19+,20?,21?,22?,24+,25+,26+,27+/m1/s1. The van der Waals surface area contributed by atoms with Gasteiger partial charge in [0.1, 0.15) is 6.10 Å². The first kappa shape index (κ1) is 21.3. The molecule has 0 radical (unpaired) electrons. The van der Waals surface area contributed by atoms with Crippen molar-refractivity contribution >= 4 is 0 Å². The Labute approximate surface area is 183 Å². The summed E-state index contributed by atoms with van der Waals surface area (Å²) in [6.07, 6.45) is 12.4. The smallest absolute Gasteiger partial charge is 0.106 e. The fraction of sp³-hybridized carbons (Fsp3) is 0.926. The molecule has 0 bridgehead atoms. The van der Waals surface area contributed by atoms with Crippen molar-refractivity contribution in [1.82, 2.24) is 0 Å². The summed E-state index contributed by atoms with van der Waals surface area (Å²) in [6.45, 7) is 9.94. The lowest BCUT2D eigenvalue weighted by Crippen LogP contribution is -2.54. The Bertz CT molecular complexity index is 700. The number of aliphatic hydroxyl groups excluding tert-OH is 2. The third kappa shape index (κ3) is 3.04. The van der Waals surface area contributed by atoms with E-state index < -0.39 is 0 Å². The number of hydrogen-bond donors (Lipinski definition) is 2. The third-order valence-electron chi connectivity index (χ3n) is 11.0. The first-order valence-electron chi connectivity index (χ1n) is 12.9. The molecule has 1 aliphatic heterocycles. The minimum Gasteiger partial charge on any atom is -0.494 e. The van der Waals surface area contributed by atoms with Crippen molar-refractivity contribution in [3.8, 4) is 0 Å². The molecule has 5 rings (SSSR count). The molecule has 4 aliphatic carbocycles. The molecule has 3 heteroatoms. The van der Waals surface area contributed by atoms with Gasteiger partial charge in [-0.2, -0.15) is 0 Å². The lowest BCUT2D eigenvalue weighted by Gasteiger charge is -2.60. The summed E-state index contributed by atoms with van der Waals surface area (Å²) in [4.78, 5) is 0. The summed E-state index contributed by atoms with van der Waals surface area (Å²) in [5.41, 5.74) is 2.39. The maximum absolute atomic E-state index is 10.3. The average Bonchev–Trinajstić information content (AvgIpc) is 3.20. The quantitative estimate of drug-likeness (QED) is 0.618. The van der Waals surface area contributed by atoms with Crippen LogP contribution in [-0.2, 0) is 4.74 Å². The Morgan fingerprint density at radius 2 is 1.80 bits per heavy atom. The number of rotatable bonds is 4. The summed E-state index contributed by atoms with van der Waals surface area (Å²) in [6, 6.07) is 0. The second-order valence-corrected chi connectivity index (χ2v) is 12.4. The van der Waals surface area contributed by atoms with Gasteiger partial charge in [0.15, 0.2) is 0 Å². The van der Waals surface area contributed by atoms with Crippen molar-refractivity contribution < 1.29 is 14.9 Å². The van der Waals surface area contributed by atoms with Gasteiger partial charge in [0.2, 0.25) is 0 Å². The number of aliphatic hydroxyl groups is 2. The van der Waals surface area contributed by atoms with E-state index in [9.17, 15) is 10.2 Å². The molecule has 0 aromatic carbocycles. The number of allylic oxidation sites excluding steroid dienone is 1. The molecular formula is C27H44O3. The van der Waals surface area contributed by atoms with Crippen LogP contribution >= 0.6 is 0 Å². The van der Waals surface area contributed by atoms with Crippen molar-refractivity contribution in [2.45, 2.75) is 104 Å². The highest BCUT2D eigenvalue weighted by Crippen LogP contribution is 2.69. The largest absolute Gasteiger partial charge is 0.494 e. The zero-order chi connectivity index (χ0) is 21.3. The van der Waals surface area contributed by atoms with E-state index in [1.165, 1.54) is 49.9 Å². The van der Waals surface area contributed by atoms with Gasteiger partial charge < -0.3 is 14.9 Å². The SMILES string of the molecule is CC1=C(CC[C@@H](C)CO)O[C@H]2CC3C4CC[C@H]5C[C@@H](O)CC[C@]5(C)C4CC[C@]3(C)[C@@H]12. The average molecular weight is 417 g/mol. The molecule has 0 saturated heterocycles. The van der Waals surface area contributed by atoms with Crippen LogP contribution in [0.3, 0.4) is 0 Å². The van der Waals surface area contributed by atoms with Gasteiger partial charge in [-0.3, -0.25) is 0 Å².